The summed E-state index contributed by atoms with van der Waals surface area (Å²) in [5, 5.41) is 0.668. The van der Waals surface area contributed by atoms with Crippen molar-refractivity contribution in [1.29, 1.82) is 0 Å². The Morgan fingerprint density at radius 2 is 1.88 bits per heavy atom. The van der Waals surface area contributed by atoms with Crippen LogP contribution in [0.1, 0.15) is 16.7 Å². The number of rotatable bonds is 7. The zero-order valence-corrected chi connectivity index (χ0v) is 19.2. The molecule has 8 heteroatoms. The zero-order valence-electron chi connectivity index (χ0n) is 17.7. The molecular weight excluding hydrogens is 450 g/mol. The molecule has 6 nitrogen and oxygen atoms in total. The van der Waals surface area contributed by atoms with E-state index in [0.717, 1.165) is 16.7 Å². The number of nitrogens with zero attached hydrogens (tertiary/aromatic N) is 1. The lowest BCUT2D eigenvalue weighted by Crippen LogP contribution is -2.32. The van der Waals surface area contributed by atoms with E-state index >= 15 is 0 Å². The Morgan fingerprint density at radius 3 is 2.69 bits per heavy atom. The van der Waals surface area contributed by atoms with E-state index in [1.807, 2.05) is 42.5 Å². The first-order valence-electron chi connectivity index (χ1n) is 10.2. The summed E-state index contributed by atoms with van der Waals surface area (Å²) in [6, 6.07) is 19.8. The van der Waals surface area contributed by atoms with Crippen molar-refractivity contribution in [2.75, 3.05) is 20.3 Å². The Morgan fingerprint density at radius 1 is 1.03 bits per heavy atom. The van der Waals surface area contributed by atoms with E-state index in [9.17, 15) is 8.42 Å². The zero-order chi connectivity index (χ0) is 22.6. The highest BCUT2D eigenvalue weighted by atomic mass is 35.5. The van der Waals surface area contributed by atoms with Gasteiger partial charge in [-0.2, -0.15) is 4.31 Å². The molecule has 0 saturated heterocycles. The van der Waals surface area contributed by atoms with Crippen molar-refractivity contribution >= 4 is 21.6 Å². The van der Waals surface area contributed by atoms with Crippen LogP contribution < -0.4 is 9.47 Å². The second-order valence-corrected chi connectivity index (χ2v) is 9.74. The van der Waals surface area contributed by atoms with Gasteiger partial charge in [-0.3, -0.25) is 0 Å². The van der Waals surface area contributed by atoms with Crippen LogP contribution in [0.4, 0.5) is 0 Å². The van der Waals surface area contributed by atoms with E-state index < -0.39 is 10.0 Å². The van der Waals surface area contributed by atoms with E-state index in [2.05, 4.69) is 0 Å². The molecule has 168 valence electrons. The van der Waals surface area contributed by atoms with Gasteiger partial charge in [-0.25, -0.2) is 8.42 Å². The Hall–Kier alpha value is -2.58. The normalized spacial score (nSPS) is 14.3. The summed E-state index contributed by atoms with van der Waals surface area (Å²) in [6.45, 7) is 1.52. The summed E-state index contributed by atoms with van der Waals surface area (Å²) >= 11 is 6.18. The third-order valence-electron chi connectivity index (χ3n) is 5.23. The molecule has 0 unspecified atom stereocenters. The van der Waals surface area contributed by atoms with Gasteiger partial charge in [0.2, 0.25) is 10.0 Å². The van der Waals surface area contributed by atoms with E-state index in [1.54, 1.807) is 18.2 Å². The lowest BCUT2D eigenvalue weighted by Gasteiger charge is -2.20. The molecule has 1 heterocycles. The van der Waals surface area contributed by atoms with E-state index in [1.165, 1.54) is 17.5 Å². The Bertz CT molecular complexity index is 1200. The van der Waals surface area contributed by atoms with Crippen LogP contribution in [0.15, 0.2) is 71.6 Å². The minimum absolute atomic E-state index is 0.194. The average molecular weight is 474 g/mol. The van der Waals surface area contributed by atoms with Crippen molar-refractivity contribution in [2.45, 2.75) is 24.7 Å². The van der Waals surface area contributed by atoms with Gasteiger partial charge < -0.3 is 14.2 Å². The number of halogens is 1. The summed E-state index contributed by atoms with van der Waals surface area (Å²) in [5.41, 5.74) is 2.65. The minimum Gasteiger partial charge on any atom is -0.497 e. The molecular formula is C24H24ClNO5S. The van der Waals surface area contributed by atoms with Gasteiger partial charge in [-0.1, -0.05) is 41.9 Å². The average Bonchev–Trinajstić information content (AvgIpc) is 3.03. The molecule has 0 fully saturated rings. The lowest BCUT2D eigenvalue weighted by atomic mass is 10.1. The third kappa shape index (κ3) is 5.07. The number of hydrogen-bond acceptors (Lipinski definition) is 5. The van der Waals surface area contributed by atoms with Gasteiger partial charge in [0.1, 0.15) is 18.1 Å². The molecule has 32 heavy (non-hydrogen) atoms. The summed E-state index contributed by atoms with van der Waals surface area (Å²) < 4.78 is 44.7. The number of sulfonamides is 1. The Kier molecular flexibility index (Phi) is 7.01. The minimum atomic E-state index is -3.70. The molecule has 0 bridgehead atoms. The molecule has 0 atom stereocenters. The van der Waals surface area contributed by atoms with Crippen LogP contribution in [0, 0.1) is 0 Å². The van der Waals surface area contributed by atoms with Gasteiger partial charge >= 0.3 is 0 Å². The fourth-order valence-electron chi connectivity index (χ4n) is 3.52. The number of ether oxygens (including phenoxy) is 3. The molecule has 0 N–H and O–H groups in total. The number of fused-ring (bicyclic) bond motifs is 1. The van der Waals surface area contributed by atoms with Crippen molar-refractivity contribution in [1.82, 2.24) is 4.31 Å². The summed E-state index contributed by atoms with van der Waals surface area (Å²) in [7, 11) is -2.19. The Labute approximate surface area is 193 Å². The van der Waals surface area contributed by atoms with E-state index in [0.29, 0.717) is 29.7 Å². The molecule has 3 aromatic carbocycles. The van der Waals surface area contributed by atoms with Crippen molar-refractivity contribution in [3.8, 4) is 11.5 Å². The van der Waals surface area contributed by atoms with Crippen molar-refractivity contribution in [2.24, 2.45) is 0 Å². The third-order valence-corrected chi connectivity index (χ3v) is 7.44. The van der Waals surface area contributed by atoms with Gasteiger partial charge in [0.25, 0.3) is 0 Å². The lowest BCUT2D eigenvalue weighted by molar-refractivity contribution is 0.107. The van der Waals surface area contributed by atoms with Gasteiger partial charge in [0.15, 0.2) is 0 Å². The van der Waals surface area contributed by atoms with Crippen LogP contribution in [-0.2, 0) is 34.5 Å². The van der Waals surface area contributed by atoms with Crippen molar-refractivity contribution in [3.63, 3.8) is 0 Å². The van der Waals surface area contributed by atoms with Crippen LogP contribution in [0.5, 0.6) is 11.5 Å². The number of hydrogen-bond donors (Lipinski definition) is 0. The van der Waals surface area contributed by atoms with Crippen LogP contribution in [0.2, 0.25) is 5.02 Å². The second kappa shape index (κ2) is 9.92. The van der Waals surface area contributed by atoms with Gasteiger partial charge in [-0.15, -0.1) is 0 Å². The van der Waals surface area contributed by atoms with Crippen LogP contribution >= 0.6 is 11.6 Å². The summed E-state index contributed by atoms with van der Waals surface area (Å²) in [5.74, 6) is 1.18. The molecule has 0 aliphatic carbocycles. The molecule has 0 radical (unpaired) electrons. The first kappa shape index (κ1) is 22.6. The van der Waals surface area contributed by atoms with Crippen molar-refractivity contribution < 1.29 is 22.6 Å². The monoisotopic (exact) mass is 473 g/mol. The maximum atomic E-state index is 13.2. The van der Waals surface area contributed by atoms with Crippen LogP contribution in [0.25, 0.3) is 0 Å². The van der Waals surface area contributed by atoms with Gasteiger partial charge in [0.05, 0.1) is 25.2 Å². The van der Waals surface area contributed by atoms with Gasteiger partial charge in [0, 0.05) is 29.7 Å². The van der Waals surface area contributed by atoms with Crippen molar-refractivity contribution in [3.05, 3.63) is 88.4 Å². The quantitative estimate of drug-likeness (QED) is 0.499. The number of methoxy groups -OCH3 is 1. The first-order valence-corrected chi connectivity index (χ1v) is 12.0. The molecule has 0 spiro atoms. The van der Waals surface area contributed by atoms with Gasteiger partial charge in [-0.05, 0) is 41.5 Å². The highest BCUT2D eigenvalue weighted by Gasteiger charge is 2.28. The molecule has 0 saturated carbocycles. The smallest absolute Gasteiger partial charge is 0.243 e. The fourth-order valence-corrected chi connectivity index (χ4v) is 5.15. The van der Waals surface area contributed by atoms with Crippen LogP contribution in [0.3, 0.4) is 0 Å². The van der Waals surface area contributed by atoms with E-state index in [-0.39, 0.29) is 24.6 Å². The first-order chi connectivity index (χ1) is 15.5. The summed E-state index contributed by atoms with van der Waals surface area (Å²) in [6.07, 6.45) is 0. The highest BCUT2D eigenvalue weighted by molar-refractivity contribution is 7.89. The maximum absolute atomic E-state index is 13.2. The second-order valence-electron chi connectivity index (χ2n) is 7.39. The predicted octanol–water partition coefficient (Wildman–Crippen LogP) is 4.65. The highest BCUT2D eigenvalue weighted by Crippen LogP contribution is 2.29. The molecule has 1 aliphatic heterocycles. The standard InChI is InChI=1S/C24H24ClNO5S/c1-29-21-6-4-7-22(14-21)32(27,28)26-11-12-31-24-10-9-18(13-20(24)15-26)16-30-17-19-5-2-3-8-23(19)25/h2-10,13-14H,11-12,15-17H2,1H3. The molecule has 3 aromatic rings. The molecule has 0 aromatic heterocycles. The fraction of sp³-hybridized carbons (Fsp3) is 0.250. The number of benzene rings is 3. The maximum Gasteiger partial charge on any atom is 0.243 e. The predicted molar refractivity (Wildman–Crippen MR) is 122 cm³/mol. The summed E-state index contributed by atoms with van der Waals surface area (Å²) in [4.78, 5) is 0.194. The molecule has 0 amide bonds. The topological polar surface area (TPSA) is 65.1 Å². The van der Waals surface area contributed by atoms with E-state index in [4.69, 9.17) is 25.8 Å². The molecule has 1 aliphatic rings. The largest absolute Gasteiger partial charge is 0.497 e. The SMILES string of the molecule is COc1cccc(S(=O)(=O)N2CCOc3ccc(COCc4ccccc4Cl)cc3C2)c1. The van der Waals surface area contributed by atoms with Crippen LogP contribution in [-0.4, -0.2) is 33.0 Å². The Balaban J connectivity index is 1.50. The molecule has 4 rings (SSSR count).